The second-order valence-corrected chi connectivity index (χ2v) is 6.02. The second-order valence-electron chi connectivity index (χ2n) is 6.02. The molecule has 1 fully saturated rings. The summed E-state index contributed by atoms with van der Waals surface area (Å²) in [6.07, 6.45) is 1.60. The van der Waals surface area contributed by atoms with E-state index in [1.807, 2.05) is 13.8 Å². The zero-order chi connectivity index (χ0) is 17.5. The van der Waals surface area contributed by atoms with E-state index in [0.29, 0.717) is 37.6 Å². The van der Waals surface area contributed by atoms with Gasteiger partial charge in [0.2, 0.25) is 5.91 Å². The van der Waals surface area contributed by atoms with Crippen LogP contribution in [0.25, 0.3) is 0 Å². The normalized spacial score (nSPS) is 15.8. The van der Waals surface area contributed by atoms with E-state index in [4.69, 9.17) is 10.5 Å². The first-order valence-electron chi connectivity index (χ1n) is 8.60. The van der Waals surface area contributed by atoms with Crippen molar-refractivity contribution in [2.45, 2.75) is 32.7 Å². The molecule has 0 spiro atoms. The molecule has 1 aliphatic heterocycles. The number of hydrogen-bond acceptors (Lipinski definition) is 4. The monoisotopic (exact) mass is 369 g/mol. The highest BCUT2D eigenvalue weighted by atomic mass is 35.5. The van der Waals surface area contributed by atoms with Gasteiger partial charge >= 0.3 is 0 Å². The molecule has 2 amide bonds. The molecule has 2 rings (SSSR count). The highest BCUT2D eigenvalue weighted by Gasteiger charge is 2.26. The molecule has 0 radical (unpaired) electrons. The largest absolute Gasteiger partial charge is 0.381 e. The van der Waals surface area contributed by atoms with E-state index in [1.165, 1.54) is 0 Å². The molecular weight excluding hydrogens is 342 g/mol. The number of ether oxygens (including phenoxy) is 1. The fraction of sp³-hybridized carbons (Fsp3) is 0.556. The predicted molar refractivity (Wildman–Crippen MR) is 101 cm³/mol. The van der Waals surface area contributed by atoms with Gasteiger partial charge in [-0.15, -0.1) is 12.4 Å². The Morgan fingerprint density at radius 1 is 1.28 bits per heavy atom. The third-order valence-corrected chi connectivity index (χ3v) is 4.50. The topological polar surface area (TPSA) is 84.7 Å². The van der Waals surface area contributed by atoms with Crippen molar-refractivity contribution >= 4 is 29.9 Å². The fourth-order valence-electron chi connectivity index (χ4n) is 2.94. The number of carbonyl (C=O) groups excluding carboxylic acids is 2. The molecule has 1 aromatic carbocycles. The number of nitrogens with two attached hydrogens (primary N) is 1. The molecule has 1 heterocycles. The van der Waals surface area contributed by atoms with E-state index in [9.17, 15) is 9.59 Å². The van der Waals surface area contributed by atoms with Crippen molar-refractivity contribution in [2.75, 3.05) is 31.6 Å². The van der Waals surface area contributed by atoms with Crippen LogP contribution < -0.4 is 11.1 Å². The van der Waals surface area contributed by atoms with Crippen molar-refractivity contribution in [1.29, 1.82) is 0 Å². The Bertz CT molecular complexity index is 572. The summed E-state index contributed by atoms with van der Waals surface area (Å²) in [5, 5.41) is 2.83. The van der Waals surface area contributed by atoms with E-state index in [2.05, 4.69) is 5.32 Å². The van der Waals surface area contributed by atoms with Gasteiger partial charge in [0.15, 0.2) is 0 Å². The molecule has 140 valence electrons. The molecular formula is C18H28ClN3O3. The van der Waals surface area contributed by atoms with Crippen molar-refractivity contribution < 1.29 is 14.3 Å². The zero-order valence-corrected chi connectivity index (χ0v) is 15.7. The Hall–Kier alpha value is -1.63. The third-order valence-electron chi connectivity index (χ3n) is 4.50. The van der Waals surface area contributed by atoms with Gasteiger partial charge in [0.25, 0.3) is 5.91 Å². The number of nitrogens with one attached hydrogen (secondary N) is 1. The summed E-state index contributed by atoms with van der Waals surface area (Å²) in [6.45, 7) is 6.50. The summed E-state index contributed by atoms with van der Waals surface area (Å²) in [5.74, 6) is -0.113. The Labute approximate surface area is 155 Å². The molecule has 7 heteroatoms. The first kappa shape index (κ1) is 21.4. The average Bonchev–Trinajstić information content (AvgIpc) is 2.63. The van der Waals surface area contributed by atoms with Crippen molar-refractivity contribution in [2.24, 2.45) is 11.7 Å². The summed E-state index contributed by atoms with van der Waals surface area (Å²) in [5.41, 5.74) is 7.25. The highest BCUT2D eigenvalue weighted by molar-refractivity contribution is 5.98. The summed E-state index contributed by atoms with van der Waals surface area (Å²) in [6, 6.07) is 6.44. The Kier molecular flexibility index (Phi) is 8.89. The molecule has 3 N–H and O–H groups in total. The maximum Gasteiger partial charge on any atom is 0.253 e. The smallest absolute Gasteiger partial charge is 0.253 e. The molecule has 0 saturated carbocycles. The van der Waals surface area contributed by atoms with Gasteiger partial charge in [-0.05, 0) is 50.8 Å². The van der Waals surface area contributed by atoms with E-state index >= 15 is 0 Å². The molecule has 1 aliphatic rings. The van der Waals surface area contributed by atoms with Gasteiger partial charge in [0.1, 0.15) is 0 Å². The number of halogens is 1. The van der Waals surface area contributed by atoms with Crippen molar-refractivity contribution in [3.8, 4) is 0 Å². The lowest BCUT2D eigenvalue weighted by atomic mass is 9.92. The molecule has 1 aromatic rings. The summed E-state index contributed by atoms with van der Waals surface area (Å²) in [7, 11) is 0. The lowest BCUT2D eigenvalue weighted by molar-refractivity contribution is -0.119. The lowest BCUT2D eigenvalue weighted by Crippen LogP contribution is -2.44. The number of amides is 2. The first-order chi connectivity index (χ1) is 11.6. The third kappa shape index (κ3) is 5.70. The number of nitrogens with zero attached hydrogens (tertiary/aromatic N) is 1. The Morgan fingerprint density at radius 3 is 2.52 bits per heavy atom. The summed E-state index contributed by atoms with van der Waals surface area (Å²) in [4.78, 5) is 26.5. The van der Waals surface area contributed by atoms with Gasteiger partial charge < -0.3 is 20.7 Å². The van der Waals surface area contributed by atoms with E-state index in [1.54, 1.807) is 29.2 Å². The minimum Gasteiger partial charge on any atom is -0.381 e. The molecule has 0 aromatic heterocycles. The van der Waals surface area contributed by atoms with Crippen LogP contribution in [0, 0.1) is 5.92 Å². The number of anilines is 1. The van der Waals surface area contributed by atoms with Crippen LogP contribution in [0.1, 0.15) is 37.0 Å². The van der Waals surface area contributed by atoms with Crippen LogP contribution in [0.2, 0.25) is 0 Å². The van der Waals surface area contributed by atoms with Crippen LogP contribution in [0.4, 0.5) is 5.69 Å². The van der Waals surface area contributed by atoms with Crippen LogP contribution in [0.15, 0.2) is 24.3 Å². The molecule has 0 bridgehead atoms. The molecule has 1 saturated heterocycles. The molecule has 6 nitrogen and oxygen atoms in total. The standard InChI is InChI=1S/C18H27N3O3.ClH/c1-3-21(4-2)18(23)14-6-5-7-15(12-14)20-17(22)16(19)13-8-10-24-11-9-13;/h5-7,12-13,16H,3-4,8-11,19H2,1-2H3,(H,20,22);1H. The Balaban J connectivity index is 0.00000312. The van der Waals surface area contributed by atoms with Gasteiger partial charge in [-0.25, -0.2) is 0 Å². The first-order valence-corrected chi connectivity index (χ1v) is 8.60. The molecule has 1 unspecified atom stereocenters. The highest BCUT2D eigenvalue weighted by Crippen LogP contribution is 2.19. The van der Waals surface area contributed by atoms with Gasteiger partial charge in [0.05, 0.1) is 6.04 Å². The van der Waals surface area contributed by atoms with Crippen LogP contribution in [0.3, 0.4) is 0 Å². The van der Waals surface area contributed by atoms with Crippen LogP contribution in [-0.4, -0.2) is 49.1 Å². The van der Waals surface area contributed by atoms with Crippen molar-refractivity contribution in [1.82, 2.24) is 4.90 Å². The van der Waals surface area contributed by atoms with Crippen molar-refractivity contribution in [3.05, 3.63) is 29.8 Å². The lowest BCUT2D eigenvalue weighted by Gasteiger charge is -2.26. The minimum absolute atomic E-state index is 0. The van der Waals surface area contributed by atoms with Crippen LogP contribution in [0.5, 0.6) is 0 Å². The zero-order valence-electron chi connectivity index (χ0n) is 14.9. The van der Waals surface area contributed by atoms with Crippen molar-refractivity contribution in [3.63, 3.8) is 0 Å². The SMILES string of the molecule is CCN(CC)C(=O)c1cccc(NC(=O)C(N)C2CCOCC2)c1.Cl. The summed E-state index contributed by atoms with van der Waals surface area (Å²) >= 11 is 0. The number of hydrogen-bond donors (Lipinski definition) is 2. The van der Waals surface area contributed by atoms with Gasteiger partial charge in [-0.3, -0.25) is 9.59 Å². The fourth-order valence-corrected chi connectivity index (χ4v) is 2.94. The van der Waals surface area contributed by atoms with Crippen LogP contribution >= 0.6 is 12.4 Å². The van der Waals surface area contributed by atoms with Gasteiger partial charge in [-0.2, -0.15) is 0 Å². The van der Waals surface area contributed by atoms with E-state index < -0.39 is 6.04 Å². The molecule has 25 heavy (non-hydrogen) atoms. The van der Waals surface area contributed by atoms with Crippen LogP contribution in [-0.2, 0) is 9.53 Å². The number of rotatable bonds is 6. The quantitative estimate of drug-likeness (QED) is 0.805. The average molecular weight is 370 g/mol. The predicted octanol–water partition coefficient (Wildman–Crippen LogP) is 2.28. The second kappa shape index (κ2) is 10.4. The summed E-state index contributed by atoms with van der Waals surface area (Å²) < 4.78 is 5.30. The van der Waals surface area contributed by atoms with Gasteiger partial charge in [-0.1, -0.05) is 6.07 Å². The Morgan fingerprint density at radius 2 is 1.92 bits per heavy atom. The number of carbonyl (C=O) groups is 2. The van der Waals surface area contributed by atoms with Gasteiger partial charge in [0, 0.05) is 37.6 Å². The number of benzene rings is 1. The van der Waals surface area contributed by atoms with E-state index in [0.717, 1.165) is 12.8 Å². The molecule has 0 aliphatic carbocycles. The maximum absolute atomic E-state index is 12.4. The maximum atomic E-state index is 12.4. The minimum atomic E-state index is -0.559. The molecule has 1 atom stereocenters. The van der Waals surface area contributed by atoms with E-state index in [-0.39, 0.29) is 30.1 Å².